The van der Waals surface area contributed by atoms with Crippen LogP contribution in [-0.4, -0.2) is 104 Å². The zero-order valence-electron chi connectivity index (χ0n) is 50.9. The van der Waals surface area contributed by atoms with Gasteiger partial charge < -0.3 is 28.7 Å². The highest BCUT2D eigenvalue weighted by atomic mass is 33.1. The SMILES string of the molecule is CCCCCCCC/C=C\CCCCCCCC(=O)COc1ccc(CC(=O)OCC2CCCN(CCSSCCN3CCCC(COC(=O)Cc4ccc(OC(=O)CCCCCCC/C=C\CCCCCCCC)cc4)C3)C2)cc1. The van der Waals surface area contributed by atoms with E-state index in [1.165, 1.54) is 128 Å². The van der Waals surface area contributed by atoms with Gasteiger partial charge >= 0.3 is 17.9 Å². The summed E-state index contributed by atoms with van der Waals surface area (Å²) < 4.78 is 22.9. The summed E-state index contributed by atoms with van der Waals surface area (Å²) >= 11 is 0. The second kappa shape index (κ2) is 47.7. The maximum absolute atomic E-state index is 12.8. The maximum Gasteiger partial charge on any atom is 0.311 e. The van der Waals surface area contributed by atoms with Gasteiger partial charge in [0, 0.05) is 62.4 Å². The Morgan fingerprint density at radius 1 is 0.481 bits per heavy atom. The number of esters is 3. The average Bonchev–Trinajstić information content (AvgIpc) is 3.47. The number of unbranched alkanes of at least 4 members (excludes halogenated alkanes) is 22. The highest BCUT2D eigenvalue weighted by Gasteiger charge is 2.23. The van der Waals surface area contributed by atoms with Crippen molar-refractivity contribution in [2.75, 3.05) is 70.6 Å². The van der Waals surface area contributed by atoms with Gasteiger partial charge in [-0.25, -0.2) is 0 Å². The number of likely N-dealkylation sites (tertiary alicyclic amines) is 2. The summed E-state index contributed by atoms with van der Waals surface area (Å²) in [7, 11) is 3.88. The van der Waals surface area contributed by atoms with Crippen molar-refractivity contribution >= 4 is 45.3 Å². The first kappa shape index (κ1) is 69.9. The van der Waals surface area contributed by atoms with Crippen LogP contribution in [-0.2, 0) is 41.5 Å². The number of allylic oxidation sites excluding steroid dienone is 4. The maximum atomic E-state index is 12.8. The summed E-state index contributed by atoms with van der Waals surface area (Å²) in [5.41, 5.74) is 1.73. The molecule has 2 aromatic carbocycles. The van der Waals surface area contributed by atoms with Crippen molar-refractivity contribution in [2.45, 2.75) is 232 Å². The molecule has 2 fully saturated rings. The molecule has 2 aromatic rings. The van der Waals surface area contributed by atoms with Gasteiger partial charge in [-0.15, -0.1) is 0 Å². The molecule has 0 amide bonds. The molecule has 0 saturated carbocycles. The number of nitrogens with zero attached hydrogens (tertiary/aromatic N) is 2. The Hall–Kier alpha value is -3.58. The van der Waals surface area contributed by atoms with E-state index in [1.54, 1.807) is 12.1 Å². The number of ketones is 1. The van der Waals surface area contributed by atoms with Crippen LogP contribution in [0.1, 0.15) is 230 Å². The van der Waals surface area contributed by atoms with Gasteiger partial charge in [0.2, 0.25) is 0 Å². The molecule has 0 radical (unpaired) electrons. The smallest absolute Gasteiger partial charge is 0.311 e. The Balaban J connectivity index is 0.932. The number of hydrogen-bond donors (Lipinski definition) is 0. The van der Waals surface area contributed by atoms with E-state index in [4.69, 9.17) is 18.9 Å². The first-order valence-corrected chi connectivity index (χ1v) is 35.1. The van der Waals surface area contributed by atoms with Crippen molar-refractivity contribution in [3.63, 3.8) is 0 Å². The molecule has 0 aliphatic carbocycles. The van der Waals surface area contributed by atoms with Crippen molar-refractivity contribution in [1.29, 1.82) is 0 Å². The molecule has 2 aliphatic heterocycles. The minimum absolute atomic E-state index is 0.0881. The Morgan fingerprint density at radius 3 is 1.32 bits per heavy atom. The van der Waals surface area contributed by atoms with Crippen LogP contribution < -0.4 is 9.47 Å². The lowest BCUT2D eigenvalue weighted by molar-refractivity contribution is -0.145. The molecule has 81 heavy (non-hydrogen) atoms. The largest absolute Gasteiger partial charge is 0.486 e. The fourth-order valence-electron chi connectivity index (χ4n) is 10.8. The zero-order valence-corrected chi connectivity index (χ0v) is 52.5. The molecule has 456 valence electrons. The van der Waals surface area contributed by atoms with Gasteiger partial charge in [0.15, 0.2) is 5.78 Å². The van der Waals surface area contributed by atoms with Gasteiger partial charge in [0.25, 0.3) is 0 Å². The summed E-state index contributed by atoms with van der Waals surface area (Å²) in [6, 6.07) is 14.7. The van der Waals surface area contributed by atoms with Crippen molar-refractivity contribution in [3.8, 4) is 11.5 Å². The molecule has 0 aromatic heterocycles. The minimum atomic E-state index is -0.219. The van der Waals surface area contributed by atoms with Gasteiger partial charge in [-0.1, -0.05) is 187 Å². The molecule has 4 rings (SSSR count). The van der Waals surface area contributed by atoms with E-state index in [2.05, 4.69) is 48.0 Å². The third-order valence-corrected chi connectivity index (χ3v) is 18.1. The third kappa shape index (κ3) is 37.4. The standard InChI is InChI=1S/C69H110N2O8S2/c1-3-5-7-9-11-13-15-17-19-21-23-25-27-29-31-37-64(72)59-76-65-43-39-60(40-44-65)53-68(74)77-57-62-35-33-47-70(55-62)49-51-80-81-52-50-71-48-34-36-63(56-71)58-78-69(75)54-61-41-45-66(46-42-61)79-67(73)38-32-30-28-26-24-22-20-18-16-14-12-10-8-6-4-2/h17-20,39-46,62-63H,3-16,21-38,47-59H2,1-2H3/b19-17-,20-18-. The van der Waals surface area contributed by atoms with Crippen LogP contribution in [0.25, 0.3) is 0 Å². The fraction of sp³-hybridized carbons (Fsp3) is 0.710. The van der Waals surface area contributed by atoms with Crippen molar-refractivity contribution < 1.29 is 38.1 Å². The molecule has 2 unspecified atom stereocenters. The fourth-order valence-corrected chi connectivity index (χ4v) is 12.9. The Labute approximate surface area is 500 Å². The first-order chi connectivity index (χ1) is 39.8. The predicted octanol–water partition coefficient (Wildman–Crippen LogP) is 17.3. The molecular weight excluding hydrogens is 1050 g/mol. The summed E-state index contributed by atoms with van der Waals surface area (Å²) in [5, 5.41) is 0. The van der Waals surface area contributed by atoms with Gasteiger partial charge in [-0.05, 0) is 138 Å². The van der Waals surface area contributed by atoms with Crippen molar-refractivity contribution in [3.05, 3.63) is 84.0 Å². The molecule has 0 spiro atoms. The number of Topliss-reactive ketones (excluding diaryl/α,β-unsaturated/α-hetero) is 1. The minimum Gasteiger partial charge on any atom is -0.486 e. The molecule has 0 N–H and O–H groups in total. The topological polar surface area (TPSA) is 112 Å². The molecule has 2 heterocycles. The quantitative estimate of drug-likeness (QED) is 0.0207. The summed E-state index contributed by atoms with van der Waals surface area (Å²) in [5.74, 6) is 3.50. The zero-order chi connectivity index (χ0) is 57.5. The molecule has 2 saturated heterocycles. The van der Waals surface area contributed by atoms with Crippen LogP contribution in [0, 0.1) is 11.8 Å². The van der Waals surface area contributed by atoms with Gasteiger partial charge in [-0.3, -0.25) is 19.2 Å². The van der Waals surface area contributed by atoms with Crippen molar-refractivity contribution in [2.24, 2.45) is 11.8 Å². The Kier molecular flexibility index (Phi) is 41.2. The van der Waals surface area contributed by atoms with Gasteiger partial charge in [0.05, 0.1) is 26.1 Å². The van der Waals surface area contributed by atoms with Gasteiger partial charge in [0.1, 0.15) is 18.1 Å². The lowest BCUT2D eigenvalue weighted by Gasteiger charge is -2.32. The lowest BCUT2D eigenvalue weighted by atomic mass is 9.99. The second-order valence-electron chi connectivity index (χ2n) is 23.2. The van der Waals surface area contributed by atoms with E-state index in [0.29, 0.717) is 49.4 Å². The Bertz CT molecular complexity index is 1980. The van der Waals surface area contributed by atoms with Crippen molar-refractivity contribution in [1.82, 2.24) is 9.80 Å². The van der Waals surface area contributed by atoms with Gasteiger partial charge in [-0.2, -0.15) is 0 Å². The second-order valence-corrected chi connectivity index (χ2v) is 25.9. The monoisotopic (exact) mass is 1160 g/mol. The summed E-state index contributed by atoms with van der Waals surface area (Å²) in [4.78, 5) is 55.5. The average molecular weight is 1160 g/mol. The molecule has 2 atom stereocenters. The number of ether oxygens (including phenoxy) is 4. The number of rotatable bonds is 49. The van der Waals surface area contributed by atoms with Crippen LogP contribution in [0.3, 0.4) is 0 Å². The molecule has 10 nitrogen and oxygen atoms in total. The van der Waals surface area contributed by atoms with Crippen LogP contribution in [0.15, 0.2) is 72.8 Å². The highest BCUT2D eigenvalue weighted by Crippen LogP contribution is 2.25. The van der Waals surface area contributed by atoms with E-state index in [0.717, 1.165) is 126 Å². The first-order valence-electron chi connectivity index (χ1n) is 32.6. The molecule has 12 heteroatoms. The van der Waals surface area contributed by atoms with E-state index < -0.39 is 0 Å². The molecule has 2 aliphatic rings. The number of benzene rings is 2. The van der Waals surface area contributed by atoms with Crippen LogP contribution in [0.4, 0.5) is 0 Å². The number of piperidine rings is 2. The predicted molar refractivity (Wildman–Crippen MR) is 340 cm³/mol. The van der Waals surface area contributed by atoms with E-state index in [1.807, 2.05) is 58.0 Å². The number of carbonyl (C=O) groups is 4. The third-order valence-electron chi connectivity index (χ3n) is 15.8. The summed E-state index contributed by atoms with van der Waals surface area (Å²) in [6.07, 6.45) is 47.3. The molecular formula is C69H110N2O8S2. The van der Waals surface area contributed by atoms with E-state index in [-0.39, 0.29) is 43.1 Å². The van der Waals surface area contributed by atoms with E-state index in [9.17, 15) is 19.2 Å². The summed E-state index contributed by atoms with van der Waals surface area (Å²) in [6.45, 7) is 11.7. The van der Waals surface area contributed by atoms with E-state index >= 15 is 0 Å². The molecule has 0 bridgehead atoms. The number of carbonyl (C=O) groups excluding carboxylic acids is 4. The Morgan fingerprint density at radius 2 is 0.877 bits per heavy atom. The number of hydrogen-bond acceptors (Lipinski definition) is 12. The lowest BCUT2D eigenvalue weighted by Crippen LogP contribution is -2.39. The van der Waals surface area contributed by atoms with Crippen LogP contribution >= 0.6 is 21.6 Å². The van der Waals surface area contributed by atoms with Crippen LogP contribution in [0.2, 0.25) is 0 Å². The van der Waals surface area contributed by atoms with Crippen LogP contribution in [0.5, 0.6) is 11.5 Å². The normalized spacial score (nSPS) is 16.1. The highest BCUT2D eigenvalue weighted by molar-refractivity contribution is 8.76.